The van der Waals surface area contributed by atoms with E-state index in [1.807, 2.05) is 27.7 Å². The molecule has 1 atom stereocenters. The highest BCUT2D eigenvalue weighted by Crippen LogP contribution is 2.25. The van der Waals surface area contributed by atoms with Crippen LogP contribution < -0.4 is 9.62 Å². The molecule has 0 spiro atoms. The minimum atomic E-state index is -3.79. The smallest absolute Gasteiger partial charge is 0.243 e. The van der Waals surface area contributed by atoms with Crippen molar-refractivity contribution in [3.05, 3.63) is 63.9 Å². The number of carbonyl (C=O) groups excluding carboxylic acids is 2. The monoisotopic (exact) mass is 573 g/mol. The van der Waals surface area contributed by atoms with E-state index in [-0.39, 0.29) is 43.4 Å². The Morgan fingerprint density at radius 2 is 1.73 bits per heavy atom. The number of nitrogens with one attached hydrogen (secondary N) is 1. The first-order valence-electron chi connectivity index (χ1n) is 11.9. The molecule has 2 aromatic carbocycles. The minimum Gasteiger partial charge on any atom is -0.350 e. The van der Waals surface area contributed by atoms with Gasteiger partial charge < -0.3 is 10.2 Å². The molecule has 0 saturated carbocycles. The van der Waals surface area contributed by atoms with Crippen LogP contribution >= 0.6 is 23.2 Å². The van der Waals surface area contributed by atoms with Gasteiger partial charge in [-0.2, -0.15) is 0 Å². The van der Waals surface area contributed by atoms with Crippen LogP contribution in [0.4, 0.5) is 10.1 Å². The molecule has 2 amide bonds. The summed E-state index contributed by atoms with van der Waals surface area (Å²) in [7, 11) is -3.79. The van der Waals surface area contributed by atoms with Gasteiger partial charge in [-0.3, -0.25) is 13.9 Å². The number of rotatable bonds is 11. The molecule has 2 rings (SSSR count). The van der Waals surface area contributed by atoms with Crippen molar-refractivity contribution in [2.24, 2.45) is 0 Å². The Labute approximate surface area is 229 Å². The van der Waals surface area contributed by atoms with Crippen LogP contribution in [-0.2, 0) is 26.2 Å². The predicted molar refractivity (Wildman–Crippen MR) is 147 cm³/mol. The first kappa shape index (κ1) is 30.9. The van der Waals surface area contributed by atoms with E-state index in [9.17, 15) is 22.4 Å². The summed E-state index contributed by atoms with van der Waals surface area (Å²) in [6.45, 7) is 7.37. The zero-order valence-electron chi connectivity index (χ0n) is 21.7. The van der Waals surface area contributed by atoms with Gasteiger partial charge in [0.2, 0.25) is 21.8 Å². The summed E-state index contributed by atoms with van der Waals surface area (Å²) in [5, 5.41) is 3.62. The fourth-order valence-electron chi connectivity index (χ4n) is 3.84. The Balaban J connectivity index is 2.28. The summed E-state index contributed by atoms with van der Waals surface area (Å²) in [6, 6.07) is 9.79. The molecule has 204 valence electrons. The molecule has 0 aliphatic rings. The normalized spacial score (nSPS) is 12.6. The molecule has 7 nitrogen and oxygen atoms in total. The average Bonchev–Trinajstić information content (AvgIpc) is 2.77. The summed E-state index contributed by atoms with van der Waals surface area (Å²) in [5.74, 6) is -1.32. The zero-order chi connectivity index (χ0) is 28.0. The molecule has 11 heteroatoms. The molecule has 1 N–H and O–H groups in total. The number of halogens is 3. The number of nitrogens with zero attached hydrogens (tertiary/aromatic N) is 2. The summed E-state index contributed by atoms with van der Waals surface area (Å²) in [6.07, 6.45) is 1.41. The van der Waals surface area contributed by atoms with Gasteiger partial charge in [-0.05, 0) is 63.4 Å². The van der Waals surface area contributed by atoms with Crippen molar-refractivity contribution in [1.29, 1.82) is 0 Å². The first-order valence-corrected chi connectivity index (χ1v) is 14.5. The van der Waals surface area contributed by atoms with Gasteiger partial charge in [0, 0.05) is 25.0 Å². The number of anilines is 1. The fourth-order valence-corrected chi connectivity index (χ4v) is 5.13. The molecule has 2 aromatic rings. The van der Waals surface area contributed by atoms with Gasteiger partial charge in [0.1, 0.15) is 11.9 Å². The number of sulfonamides is 1. The van der Waals surface area contributed by atoms with E-state index in [0.717, 1.165) is 10.6 Å². The summed E-state index contributed by atoms with van der Waals surface area (Å²) in [5.41, 5.74) is 0.105. The number of carbonyl (C=O) groups is 2. The lowest BCUT2D eigenvalue weighted by molar-refractivity contribution is -0.142. The van der Waals surface area contributed by atoms with E-state index in [0.29, 0.717) is 22.0 Å². The molecule has 0 unspecified atom stereocenters. The van der Waals surface area contributed by atoms with Crippen molar-refractivity contribution in [3.63, 3.8) is 0 Å². The van der Waals surface area contributed by atoms with Crippen molar-refractivity contribution >= 4 is 50.7 Å². The largest absolute Gasteiger partial charge is 0.350 e. The van der Waals surface area contributed by atoms with Crippen molar-refractivity contribution in [2.75, 3.05) is 17.1 Å². The lowest BCUT2D eigenvalue weighted by Crippen LogP contribution is -2.53. The Hall–Kier alpha value is -2.36. The molecule has 0 fully saturated rings. The van der Waals surface area contributed by atoms with E-state index in [1.165, 1.54) is 23.1 Å². The van der Waals surface area contributed by atoms with Crippen LogP contribution in [0.1, 0.15) is 52.5 Å². The fraction of sp³-hybridized carbons (Fsp3) is 0.462. The lowest BCUT2D eigenvalue weighted by Gasteiger charge is -2.33. The molecule has 0 heterocycles. The third-order valence-electron chi connectivity index (χ3n) is 5.49. The van der Waals surface area contributed by atoms with Crippen molar-refractivity contribution in [2.45, 2.75) is 65.1 Å². The quantitative estimate of drug-likeness (QED) is 0.390. The zero-order valence-corrected chi connectivity index (χ0v) is 24.1. The van der Waals surface area contributed by atoms with Crippen molar-refractivity contribution in [3.8, 4) is 0 Å². The first-order chi connectivity index (χ1) is 17.1. The molecular weight excluding hydrogens is 540 g/mol. The second-order valence-corrected chi connectivity index (χ2v) is 12.5. The van der Waals surface area contributed by atoms with Crippen LogP contribution in [0.2, 0.25) is 10.0 Å². The highest BCUT2D eigenvalue weighted by atomic mass is 35.5. The Bertz CT molecular complexity index is 1220. The molecular formula is C26H34Cl2FN3O4S. The molecule has 0 saturated heterocycles. The second-order valence-electron chi connectivity index (χ2n) is 9.82. The van der Waals surface area contributed by atoms with E-state index < -0.39 is 27.4 Å². The maximum absolute atomic E-state index is 14.3. The predicted octanol–water partition coefficient (Wildman–Crippen LogP) is 5.40. The highest BCUT2D eigenvalue weighted by molar-refractivity contribution is 7.92. The van der Waals surface area contributed by atoms with E-state index in [1.54, 1.807) is 24.3 Å². The van der Waals surface area contributed by atoms with Gasteiger partial charge in [0.15, 0.2) is 0 Å². The van der Waals surface area contributed by atoms with Gasteiger partial charge >= 0.3 is 0 Å². The number of amides is 2. The van der Waals surface area contributed by atoms with Gasteiger partial charge in [-0.25, -0.2) is 12.8 Å². The number of hydrogen-bond acceptors (Lipinski definition) is 4. The molecule has 0 aliphatic heterocycles. The third kappa shape index (κ3) is 9.16. The number of benzene rings is 2. The molecule has 37 heavy (non-hydrogen) atoms. The number of para-hydroxylation sites is 1. The molecule has 0 aliphatic carbocycles. The van der Waals surface area contributed by atoms with Crippen LogP contribution in [0.25, 0.3) is 0 Å². The van der Waals surface area contributed by atoms with Crippen LogP contribution in [0, 0.1) is 5.82 Å². The maximum atomic E-state index is 14.3. The molecule has 0 radical (unpaired) electrons. The Morgan fingerprint density at radius 3 is 2.27 bits per heavy atom. The molecule has 0 aromatic heterocycles. The average molecular weight is 575 g/mol. The van der Waals surface area contributed by atoms with Gasteiger partial charge in [0.25, 0.3) is 0 Å². The number of hydrogen-bond donors (Lipinski definition) is 1. The maximum Gasteiger partial charge on any atom is 0.243 e. The van der Waals surface area contributed by atoms with Gasteiger partial charge in [-0.15, -0.1) is 0 Å². The van der Waals surface area contributed by atoms with Crippen LogP contribution in [0.3, 0.4) is 0 Å². The third-order valence-corrected chi connectivity index (χ3v) is 7.41. The topological polar surface area (TPSA) is 86.8 Å². The van der Waals surface area contributed by atoms with Gasteiger partial charge in [-0.1, -0.05) is 48.3 Å². The Kier molecular flexibility index (Phi) is 10.8. The van der Waals surface area contributed by atoms with Crippen molar-refractivity contribution < 1.29 is 22.4 Å². The summed E-state index contributed by atoms with van der Waals surface area (Å²) in [4.78, 5) is 28.0. The second kappa shape index (κ2) is 12.9. The Morgan fingerprint density at radius 1 is 1.08 bits per heavy atom. The summed E-state index contributed by atoms with van der Waals surface area (Å²) < 4.78 is 40.0. The minimum absolute atomic E-state index is 0.0545. The van der Waals surface area contributed by atoms with E-state index >= 15 is 0 Å². The van der Waals surface area contributed by atoms with Crippen LogP contribution in [0.5, 0.6) is 0 Å². The van der Waals surface area contributed by atoms with Crippen LogP contribution in [0.15, 0.2) is 42.5 Å². The van der Waals surface area contributed by atoms with E-state index in [2.05, 4.69) is 5.32 Å². The SMILES string of the molecule is CC[C@H](C(=O)NC(C)(C)C)N(Cc1ccc(Cl)c(Cl)c1)C(=O)CCCN(c1ccccc1F)S(C)(=O)=O. The standard InChI is InChI=1S/C26H34Cl2FN3O4S/c1-6-22(25(34)30-26(2,3)4)31(17-18-13-14-19(27)20(28)16-18)24(33)12-9-15-32(37(5,35)36)23-11-8-7-10-21(23)29/h7-8,10-11,13-14,16,22H,6,9,12,15,17H2,1-5H3,(H,30,34)/t22-/m1/s1. The molecule has 0 bridgehead atoms. The lowest BCUT2D eigenvalue weighted by atomic mass is 10.0. The highest BCUT2D eigenvalue weighted by Gasteiger charge is 2.31. The van der Waals surface area contributed by atoms with Crippen LogP contribution in [-0.4, -0.2) is 49.5 Å². The van der Waals surface area contributed by atoms with E-state index in [4.69, 9.17) is 23.2 Å². The summed E-state index contributed by atoms with van der Waals surface area (Å²) >= 11 is 12.2. The van der Waals surface area contributed by atoms with Gasteiger partial charge in [0.05, 0.1) is 22.0 Å². The van der Waals surface area contributed by atoms with Crippen molar-refractivity contribution in [1.82, 2.24) is 10.2 Å².